The topological polar surface area (TPSA) is 72.4 Å². The number of aromatic nitrogens is 3. The first-order valence-corrected chi connectivity index (χ1v) is 5.87. The zero-order valence-corrected chi connectivity index (χ0v) is 10.3. The molecule has 0 bridgehead atoms. The Hall–Kier alpha value is -2.63. The molecular weight excluding hydrogens is 244 g/mol. The van der Waals surface area contributed by atoms with E-state index in [1.54, 1.807) is 19.1 Å². The number of carbonyl (C=O) groups is 1. The van der Waals surface area contributed by atoms with Gasteiger partial charge in [0.15, 0.2) is 17.2 Å². The Morgan fingerprint density at radius 3 is 3.00 bits per heavy atom. The lowest BCUT2D eigenvalue weighted by atomic mass is 10.4. The Kier molecular flexibility index (Phi) is 2.75. The number of hydrogen-bond donors (Lipinski definition) is 1. The molecule has 0 spiro atoms. The van der Waals surface area contributed by atoms with E-state index >= 15 is 0 Å². The SMILES string of the molecule is Cc1ccc(C(=O)NCc2nnc3ccccn23)o1. The smallest absolute Gasteiger partial charge is 0.287 e. The molecule has 96 valence electrons. The van der Waals surface area contributed by atoms with Gasteiger partial charge in [-0.05, 0) is 31.2 Å². The highest BCUT2D eigenvalue weighted by Gasteiger charge is 2.11. The second kappa shape index (κ2) is 4.56. The molecule has 6 heteroatoms. The molecule has 0 saturated carbocycles. The number of amides is 1. The van der Waals surface area contributed by atoms with Gasteiger partial charge in [0.25, 0.3) is 5.91 Å². The van der Waals surface area contributed by atoms with Crippen molar-refractivity contribution in [1.82, 2.24) is 19.9 Å². The van der Waals surface area contributed by atoms with Crippen molar-refractivity contribution in [3.63, 3.8) is 0 Å². The summed E-state index contributed by atoms with van der Waals surface area (Å²) >= 11 is 0. The third-order valence-corrected chi connectivity index (χ3v) is 2.76. The number of hydrogen-bond acceptors (Lipinski definition) is 4. The van der Waals surface area contributed by atoms with Gasteiger partial charge in [-0.25, -0.2) is 0 Å². The van der Waals surface area contributed by atoms with Crippen LogP contribution in [0.25, 0.3) is 5.65 Å². The number of fused-ring (bicyclic) bond motifs is 1. The van der Waals surface area contributed by atoms with Crippen molar-refractivity contribution >= 4 is 11.6 Å². The van der Waals surface area contributed by atoms with Crippen molar-refractivity contribution in [3.8, 4) is 0 Å². The van der Waals surface area contributed by atoms with Crippen LogP contribution in [0.4, 0.5) is 0 Å². The molecule has 1 amide bonds. The lowest BCUT2D eigenvalue weighted by Gasteiger charge is -2.01. The third-order valence-electron chi connectivity index (χ3n) is 2.76. The molecule has 0 fully saturated rings. The van der Waals surface area contributed by atoms with E-state index in [9.17, 15) is 4.79 Å². The summed E-state index contributed by atoms with van der Waals surface area (Å²) in [5.41, 5.74) is 0.751. The van der Waals surface area contributed by atoms with Crippen LogP contribution in [0.5, 0.6) is 0 Å². The van der Waals surface area contributed by atoms with Gasteiger partial charge in [0.1, 0.15) is 5.76 Å². The van der Waals surface area contributed by atoms with Crippen LogP contribution in [0.15, 0.2) is 40.9 Å². The van der Waals surface area contributed by atoms with E-state index in [0.29, 0.717) is 23.9 Å². The summed E-state index contributed by atoms with van der Waals surface area (Å²) in [6, 6.07) is 9.03. The summed E-state index contributed by atoms with van der Waals surface area (Å²) in [7, 11) is 0. The molecule has 0 radical (unpaired) electrons. The maximum absolute atomic E-state index is 11.8. The van der Waals surface area contributed by atoms with E-state index < -0.39 is 0 Å². The minimum atomic E-state index is -0.263. The zero-order valence-electron chi connectivity index (χ0n) is 10.3. The Morgan fingerprint density at radius 2 is 2.21 bits per heavy atom. The van der Waals surface area contributed by atoms with Crippen LogP contribution in [0, 0.1) is 6.92 Å². The van der Waals surface area contributed by atoms with E-state index in [0.717, 1.165) is 5.65 Å². The first-order valence-electron chi connectivity index (χ1n) is 5.87. The molecule has 0 aromatic carbocycles. The van der Waals surface area contributed by atoms with Crippen LogP contribution in [-0.4, -0.2) is 20.5 Å². The molecule has 0 atom stereocenters. The monoisotopic (exact) mass is 256 g/mol. The van der Waals surface area contributed by atoms with Gasteiger partial charge in [-0.1, -0.05) is 6.07 Å². The molecule has 19 heavy (non-hydrogen) atoms. The Balaban J connectivity index is 1.74. The lowest BCUT2D eigenvalue weighted by Crippen LogP contribution is -2.23. The van der Waals surface area contributed by atoms with E-state index in [1.807, 2.05) is 28.8 Å². The predicted octanol–water partition coefficient (Wildman–Crippen LogP) is 1.56. The van der Waals surface area contributed by atoms with Gasteiger partial charge in [0, 0.05) is 6.20 Å². The average Bonchev–Trinajstić information content (AvgIpc) is 3.02. The lowest BCUT2D eigenvalue weighted by molar-refractivity contribution is 0.0920. The van der Waals surface area contributed by atoms with Gasteiger partial charge in [-0.3, -0.25) is 9.20 Å². The molecule has 3 aromatic heterocycles. The number of nitrogens with zero attached hydrogens (tertiary/aromatic N) is 3. The fourth-order valence-corrected chi connectivity index (χ4v) is 1.81. The van der Waals surface area contributed by atoms with Gasteiger partial charge >= 0.3 is 0 Å². The van der Waals surface area contributed by atoms with Crippen molar-refractivity contribution in [2.24, 2.45) is 0 Å². The van der Waals surface area contributed by atoms with Gasteiger partial charge < -0.3 is 9.73 Å². The van der Waals surface area contributed by atoms with Crippen molar-refractivity contribution < 1.29 is 9.21 Å². The molecule has 1 N–H and O–H groups in total. The summed E-state index contributed by atoms with van der Waals surface area (Å²) < 4.78 is 7.07. The van der Waals surface area contributed by atoms with Crippen molar-refractivity contribution in [2.75, 3.05) is 0 Å². The van der Waals surface area contributed by atoms with Crippen LogP contribution in [0.2, 0.25) is 0 Å². The number of pyridine rings is 1. The highest BCUT2D eigenvalue weighted by atomic mass is 16.3. The number of rotatable bonds is 3. The van der Waals surface area contributed by atoms with Crippen molar-refractivity contribution in [3.05, 3.63) is 53.9 Å². The maximum Gasteiger partial charge on any atom is 0.287 e. The van der Waals surface area contributed by atoms with Crippen LogP contribution in [0.1, 0.15) is 22.1 Å². The molecule has 0 aliphatic heterocycles. The standard InChI is InChI=1S/C13H12N4O2/c1-9-5-6-10(19-9)13(18)14-8-12-16-15-11-4-2-3-7-17(11)12/h2-7H,8H2,1H3,(H,14,18). The highest BCUT2D eigenvalue weighted by molar-refractivity contribution is 5.91. The van der Waals surface area contributed by atoms with Crippen LogP contribution >= 0.6 is 0 Å². The minimum absolute atomic E-state index is 0.263. The molecule has 6 nitrogen and oxygen atoms in total. The fraction of sp³-hybridized carbons (Fsp3) is 0.154. The predicted molar refractivity (Wildman–Crippen MR) is 67.6 cm³/mol. The number of aryl methyl sites for hydroxylation is 1. The van der Waals surface area contributed by atoms with Gasteiger partial charge in [0.2, 0.25) is 0 Å². The zero-order chi connectivity index (χ0) is 13.2. The number of furan rings is 1. The summed E-state index contributed by atoms with van der Waals surface area (Å²) in [5.74, 6) is 1.41. The van der Waals surface area contributed by atoms with E-state index in [2.05, 4.69) is 15.5 Å². The molecular formula is C13H12N4O2. The van der Waals surface area contributed by atoms with Crippen molar-refractivity contribution in [2.45, 2.75) is 13.5 Å². The largest absolute Gasteiger partial charge is 0.456 e. The van der Waals surface area contributed by atoms with Gasteiger partial charge in [-0.15, -0.1) is 10.2 Å². The normalized spacial score (nSPS) is 10.8. The molecule has 0 saturated heterocycles. The Labute approximate surface area is 109 Å². The second-order valence-corrected chi connectivity index (χ2v) is 4.14. The minimum Gasteiger partial charge on any atom is -0.456 e. The Morgan fingerprint density at radius 1 is 1.32 bits per heavy atom. The summed E-state index contributed by atoms with van der Waals surface area (Å²) in [5, 5.41) is 10.8. The van der Waals surface area contributed by atoms with Gasteiger partial charge in [0.05, 0.1) is 6.54 Å². The van der Waals surface area contributed by atoms with E-state index in [4.69, 9.17) is 4.42 Å². The maximum atomic E-state index is 11.8. The Bertz CT molecular complexity index is 729. The molecule has 0 unspecified atom stereocenters. The summed E-state index contributed by atoms with van der Waals surface area (Å²) in [6.07, 6.45) is 1.86. The molecule has 3 rings (SSSR count). The number of carbonyl (C=O) groups excluding carboxylic acids is 1. The highest BCUT2D eigenvalue weighted by Crippen LogP contribution is 2.07. The quantitative estimate of drug-likeness (QED) is 0.771. The van der Waals surface area contributed by atoms with Crippen LogP contribution < -0.4 is 5.32 Å². The van der Waals surface area contributed by atoms with Crippen LogP contribution in [-0.2, 0) is 6.54 Å². The van der Waals surface area contributed by atoms with Crippen LogP contribution in [0.3, 0.4) is 0 Å². The molecule has 3 heterocycles. The fourth-order valence-electron chi connectivity index (χ4n) is 1.81. The molecule has 0 aliphatic rings. The number of nitrogens with one attached hydrogen (secondary N) is 1. The summed E-state index contributed by atoms with van der Waals surface area (Å²) in [6.45, 7) is 2.09. The van der Waals surface area contributed by atoms with E-state index in [-0.39, 0.29) is 5.91 Å². The first-order chi connectivity index (χ1) is 9.24. The first kappa shape index (κ1) is 11.5. The summed E-state index contributed by atoms with van der Waals surface area (Å²) in [4.78, 5) is 11.8. The molecule has 0 aliphatic carbocycles. The average molecular weight is 256 g/mol. The molecule has 3 aromatic rings. The van der Waals surface area contributed by atoms with E-state index in [1.165, 1.54) is 0 Å². The van der Waals surface area contributed by atoms with Gasteiger partial charge in [-0.2, -0.15) is 0 Å². The second-order valence-electron chi connectivity index (χ2n) is 4.14. The third kappa shape index (κ3) is 2.20. The van der Waals surface area contributed by atoms with Crippen molar-refractivity contribution in [1.29, 1.82) is 0 Å².